The van der Waals surface area contributed by atoms with Crippen molar-refractivity contribution in [2.45, 2.75) is 243 Å². The van der Waals surface area contributed by atoms with Gasteiger partial charge in [-0.1, -0.05) is 102 Å². The number of carbonyl (C=O) groups is 12. The Morgan fingerprint density at radius 3 is 1.62 bits per heavy atom. The number of nitrogens with one attached hydrogen (secondary N) is 2. The molecule has 0 bridgehead atoms. The monoisotopic (exact) mass is 1290 g/mol. The fraction of sp³-hybridized carbons (Fsp3) is 0.797. The summed E-state index contributed by atoms with van der Waals surface area (Å²) in [6.45, 7) is 28.5. The maximum atomic E-state index is 14.9. The lowest BCUT2D eigenvalue weighted by Crippen LogP contribution is -2.53. The molecule has 0 radical (unpaired) electrons. The first kappa shape index (κ1) is 83.1. The molecule has 0 unspecified atom stereocenters. The number of hydrogen-bond acceptors (Lipinski definition) is 15. The highest BCUT2D eigenvalue weighted by molar-refractivity contribution is 5.99. The Balaban J connectivity index is 4.21. The van der Waals surface area contributed by atoms with Crippen LogP contribution in [0.4, 0.5) is 4.79 Å². The zero-order chi connectivity index (χ0) is 70.1. The van der Waals surface area contributed by atoms with Crippen LogP contribution in [0, 0.1) is 59.2 Å². The molecule has 7 amide bonds. The second-order valence-electron chi connectivity index (χ2n) is 27.9. The van der Waals surface area contributed by atoms with Gasteiger partial charge >= 0.3 is 6.09 Å². The average Bonchev–Trinajstić information content (AvgIpc) is 1.19. The molecular weight excluding hydrogens is 1170 g/mol. The van der Waals surface area contributed by atoms with Gasteiger partial charge in [0, 0.05) is 105 Å². The van der Waals surface area contributed by atoms with E-state index in [0.29, 0.717) is 19.3 Å². The normalized spacial score (nSPS) is 26.2. The molecule has 1 rings (SSSR count). The topological polar surface area (TPSA) is 284 Å². The van der Waals surface area contributed by atoms with Crippen LogP contribution in [0.15, 0.2) is 12.2 Å². The van der Waals surface area contributed by atoms with Crippen LogP contribution >= 0.6 is 0 Å². The van der Waals surface area contributed by atoms with Crippen molar-refractivity contribution in [3.05, 3.63) is 12.2 Å². The fourth-order valence-corrected chi connectivity index (χ4v) is 12.0. The van der Waals surface area contributed by atoms with Gasteiger partial charge in [-0.15, -0.1) is 0 Å². The quantitative estimate of drug-likeness (QED) is 0.0778. The SMILES string of the molecule is C/C=C/C[C@@H](C)[C@@H](O)[C@@H]1CC(=O)[C@H](C(C)C)N(C)C(=O)[C@H](CC(C)C)CC(=O)[C@H](CC(C)C)N(C)C(=O)[C@@H](C)NC(=O)[C@H](C)CC(=O)[C@H](CC(C)C)N(C)C(=O)[C@H](C(C)C)CC(=O)[C@H]([C@@H](C)OCCCCOC(=O)N(C)C)N(C)C(=O)CCC(=O)[C@H](CC)NC1=O. The number of hydrogen-bond donors (Lipinski definition) is 3. The lowest BCUT2D eigenvalue weighted by atomic mass is 9.82. The van der Waals surface area contributed by atoms with Crippen molar-refractivity contribution in [3.8, 4) is 0 Å². The summed E-state index contributed by atoms with van der Waals surface area (Å²) in [7, 11) is 8.97. The van der Waals surface area contributed by atoms with Crippen LogP contribution in [-0.4, -0.2) is 204 Å². The van der Waals surface area contributed by atoms with Gasteiger partial charge < -0.3 is 49.7 Å². The van der Waals surface area contributed by atoms with Gasteiger partial charge in [0.1, 0.15) is 12.1 Å². The van der Waals surface area contributed by atoms with Gasteiger partial charge in [-0.25, -0.2) is 4.79 Å². The molecule has 91 heavy (non-hydrogen) atoms. The van der Waals surface area contributed by atoms with Gasteiger partial charge in [-0.2, -0.15) is 0 Å². The number of allylic oxidation sites excluding steroid dienone is 2. The maximum absolute atomic E-state index is 14.9. The number of nitrogens with zero attached hydrogens (tertiary/aromatic N) is 5. The summed E-state index contributed by atoms with van der Waals surface area (Å²) in [5.74, 6) is -12.2. The molecule has 520 valence electrons. The Morgan fingerprint density at radius 1 is 0.593 bits per heavy atom. The zero-order valence-electron chi connectivity index (χ0n) is 59.6. The summed E-state index contributed by atoms with van der Waals surface area (Å²) >= 11 is 0. The number of carbonyl (C=O) groups excluding carboxylic acids is 12. The molecule has 1 aliphatic heterocycles. The number of unbranched alkanes of at least 4 members (excludes halogenated alkanes) is 1. The van der Waals surface area contributed by atoms with Crippen LogP contribution in [0.3, 0.4) is 0 Å². The van der Waals surface area contributed by atoms with E-state index in [1.54, 1.807) is 75.6 Å². The van der Waals surface area contributed by atoms with E-state index in [0.717, 1.165) is 0 Å². The molecule has 0 aromatic carbocycles. The van der Waals surface area contributed by atoms with Crippen molar-refractivity contribution in [1.82, 2.24) is 35.1 Å². The van der Waals surface area contributed by atoms with E-state index in [1.807, 2.05) is 54.5 Å². The molecular formula is C69H119N7O15. The maximum Gasteiger partial charge on any atom is 0.409 e. The Bertz CT molecular complexity index is 2460. The third kappa shape index (κ3) is 26.6. The van der Waals surface area contributed by atoms with Crippen molar-refractivity contribution >= 4 is 70.5 Å². The number of aliphatic hydroxyl groups excluding tert-OH is 1. The molecule has 1 saturated heterocycles. The van der Waals surface area contributed by atoms with Crippen LogP contribution in [-0.2, 0) is 62.2 Å². The van der Waals surface area contributed by atoms with E-state index in [4.69, 9.17) is 9.47 Å². The molecule has 0 aromatic heterocycles. The Labute approximate surface area is 545 Å². The lowest BCUT2D eigenvalue weighted by molar-refractivity contribution is -0.148. The molecule has 0 aliphatic carbocycles. The van der Waals surface area contributed by atoms with Crippen LogP contribution in [0.1, 0.15) is 194 Å². The number of likely N-dealkylation sites (N-methyl/N-ethyl adjacent to an activating group) is 4. The van der Waals surface area contributed by atoms with Gasteiger partial charge in [0.2, 0.25) is 35.4 Å². The van der Waals surface area contributed by atoms with Gasteiger partial charge in [0.05, 0.1) is 48.9 Å². The molecule has 13 atom stereocenters. The second-order valence-corrected chi connectivity index (χ2v) is 27.9. The molecule has 22 heteroatoms. The molecule has 22 nitrogen and oxygen atoms in total. The number of ketones is 5. The van der Waals surface area contributed by atoms with Crippen LogP contribution < -0.4 is 10.6 Å². The van der Waals surface area contributed by atoms with Crippen molar-refractivity contribution < 1.29 is 72.1 Å². The van der Waals surface area contributed by atoms with Gasteiger partial charge in [0.25, 0.3) is 0 Å². The standard InChI is InChI=1S/C69H119N7O15/c1-23-25-28-45(13)63(83)51-39-58(80)61(44(11)12)76(22)67(87)49(33-40(3)4)37-57(79)54(35-42(7)8)73(19)66(86)47(15)70-64(84)46(14)36-56(78)53(34-41(5)6)74(20)68(88)50(43(9)10)38-59(81)62(48(16)90-31-26-27-32-91-69(89)72(17)18)75(21)60(82)30-29-55(77)52(24-2)71-65(51)85/h23,25,40-54,61-63,83H,24,26-39H2,1-22H3,(H,70,84)(H,71,85)/b25-23+/t45-,46-,47-,48-,49-,50+,51+,52+,53+,54+,61+,62+,63-/m1/s1. The highest BCUT2D eigenvalue weighted by Gasteiger charge is 2.43. The minimum Gasteiger partial charge on any atom is -0.449 e. The van der Waals surface area contributed by atoms with Crippen LogP contribution in [0.5, 0.6) is 0 Å². The highest BCUT2D eigenvalue weighted by Crippen LogP contribution is 2.30. The van der Waals surface area contributed by atoms with E-state index in [-0.39, 0.29) is 82.3 Å². The number of amides is 7. The molecule has 0 spiro atoms. The summed E-state index contributed by atoms with van der Waals surface area (Å²) in [6.07, 6.45) is 0.381. The molecule has 1 fully saturated rings. The van der Waals surface area contributed by atoms with E-state index >= 15 is 0 Å². The second kappa shape index (κ2) is 40.3. The fourth-order valence-electron chi connectivity index (χ4n) is 12.0. The third-order valence-electron chi connectivity index (χ3n) is 17.6. The molecule has 0 aromatic rings. The minimum atomic E-state index is -1.40. The number of ether oxygens (including phenoxy) is 2. The summed E-state index contributed by atoms with van der Waals surface area (Å²) in [5.41, 5.74) is 0. The van der Waals surface area contributed by atoms with Crippen molar-refractivity contribution in [1.29, 1.82) is 0 Å². The van der Waals surface area contributed by atoms with Crippen molar-refractivity contribution in [2.24, 2.45) is 59.2 Å². The summed E-state index contributed by atoms with van der Waals surface area (Å²) in [6, 6.07) is -6.80. The Kier molecular flexibility index (Phi) is 36.8. The first-order valence-corrected chi connectivity index (χ1v) is 33.3. The molecule has 1 heterocycles. The van der Waals surface area contributed by atoms with E-state index < -0.39 is 173 Å². The van der Waals surface area contributed by atoms with Crippen LogP contribution in [0.25, 0.3) is 0 Å². The molecule has 3 N–H and O–H groups in total. The number of rotatable bonds is 20. The Hall–Kier alpha value is -5.90. The summed E-state index contributed by atoms with van der Waals surface area (Å²) in [4.78, 5) is 179. The largest absolute Gasteiger partial charge is 0.449 e. The number of Topliss-reactive ketones (excluding diaryl/α,β-unsaturated/α-hetero) is 5. The van der Waals surface area contributed by atoms with Crippen LogP contribution in [0.2, 0.25) is 0 Å². The minimum absolute atomic E-state index is 0.0688. The third-order valence-corrected chi connectivity index (χ3v) is 17.6. The summed E-state index contributed by atoms with van der Waals surface area (Å²) < 4.78 is 11.4. The predicted octanol–water partition coefficient (Wildman–Crippen LogP) is 7.68. The van der Waals surface area contributed by atoms with Gasteiger partial charge in [0.15, 0.2) is 28.9 Å². The molecule has 0 saturated carbocycles. The predicted molar refractivity (Wildman–Crippen MR) is 351 cm³/mol. The van der Waals surface area contributed by atoms with E-state index in [9.17, 15) is 62.6 Å². The summed E-state index contributed by atoms with van der Waals surface area (Å²) in [5, 5.41) is 17.5. The molecule has 1 aliphatic rings. The first-order valence-electron chi connectivity index (χ1n) is 33.3. The van der Waals surface area contributed by atoms with Gasteiger partial charge in [-0.05, 0) is 101 Å². The van der Waals surface area contributed by atoms with E-state index in [2.05, 4.69) is 10.6 Å². The van der Waals surface area contributed by atoms with Gasteiger partial charge in [-0.3, -0.25) is 52.7 Å². The smallest absolute Gasteiger partial charge is 0.409 e. The van der Waals surface area contributed by atoms with Crippen molar-refractivity contribution in [3.63, 3.8) is 0 Å². The van der Waals surface area contributed by atoms with E-state index in [1.165, 1.54) is 59.6 Å². The average molecular weight is 1290 g/mol. The zero-order valence-corrected chi connectivity index (χ0v) is 59.6. The van der Waals surface area contributed by atoms with Crippen molar-refractivity contribution in [2.75, 3.05) is 55.5 Å². The Morgan fingerprint density at radius 2 is 1.11 bits per heavy atom. The first-order chi connectivity index (χ1) is 42.3. The number of aliphatic hydroxyl groups is 1. The lowest BCUT2D eigenvalue weighted by Gasteiger charge is -2.36. The highest BCUT2D eigenvalue weighted by atomic mass is 16.6.